The van der Waals surface area contributed by atoms with Gasteiger partial charge in [-0.05, 0) is 31.0 Å². The fourth-order valence-electron chi connectivity index (χ4n) is 2.10. The van der Waals surface area contributed by atoms with E-state index in [1.165, 1.54) is 6.07 Å². The van der Waals surface area contributed by atoms with Crippen LogP contribution in [0.3, 0.4) is 0 Å². The summed E-state index contributed by atoms with van der Waals surface area (Å²) in [6.45, 7) is 3.39. The lowest BCUT2D eigenvalue weighted by molar-refractivity contribution is -0.782. The monoisotopic (exact) mass is 329 g/mol. The Kier molecular flexibility index (Phi) is 7.21. The SMILES string of the molecule is CN=C(N(C)C)[N+](C)(C)C.Cc1cccc(S(=O)(=O)[O-])c1C. The molecule has 1 aromatic carbocycles. The Bertz CT molecular complexity index is 630. The Labute approximate surface area is 134 Å². The Morgan fingerprint density at radius 3 is 1.91 bits per heavy atom. The van der Waals surface area contributed by atoms with Crippen LogP contribution in [0, 0.1) is 13.8 Å². The number of benzene rings is 1. The number of nitrogens with zero attached hydrogens (tertiary/aromatic N) is 3. The molecule has 0 N–H and O–H groups in total. The third kappa shape index (κ3) is 6.13. The fraction of sp³-hybridized carbons (Fsp3) is 0.533. The van der Waals surface area contributed by atoms with Gasteiger partial charge in [-0.3, -0.25) is 4.48 Å². The molecule has 0 spiro atoms. The fourth-order valence-corrected chi connectivity index (χ4v) is 2.88. The van der Waals surface area contributed by atoms with Crippen LogP contribution in [0.25, 0.3) is 0 Å². The van der Waals surface area contributed by atoms with Crippen molar-refractivity contribution in [2.45, 2.75) is 18.7 Å². The zero-order valence-corrected chi connectivity index (χ0v) is 15.5. The summed E-state index contributed by atoms with van der Waals surface area (Å²) in [6.07, 6.45) is 0. The lowest BCUT2D eigenvalue weighted by atomic mass is 10.1. The van der Waals surface area contributed by atoms with E-state index < -0.39 is 10.1 Å². The molecule has 0 bridgehead atoms. The molecule has 7 heteroatoms. The van der Waals surface area contributed by atoms with Gasteiger partial charge in [-0.25, -0.2) is 13.4 Å². The smallest absolute Gasteiger partial charge is 0.298 e. The number of hydrogen-bond donors (Lipinski definition) is 0. The van der Waals surface area contributed by atoms with Gasteiger partial charge >= 0.3 is 0 Å². The number of aryl methyl sites for hydroxylation is 1. The molecule has 0 saturated carbocycles. The molecule has 0 heterocycles. The number of aliphatic imine (C=N–C) groups is 1. The van der Waals surface area contributed by atoms with Crippen LogP contribution in [0.1, 0.15) is 11.1 Å². The maximum absolute atomic E-state index is 10.7. The second-order valence-electron chi connectivity index (χ2n) is 6.08. The van der Waals surface area contributed by atoms with Crippen LogP contribution in [0.15, 0.2) is 28.1 Å². The summed E-state index contributed by atoms with van der Waals surface area (Å²) in [4.78, 5) is 6.08. The lowest BCUT2D eigenvalue weighted by Gasteiger charge is -2.28. The van der Waals surface area contributed by atoms with Gasteiger partial charge in [0.25, 0.3) is 5.96 Å². The van der Waals surface area contributed by atoms with Gasteiger partial charge in [0.05, 0.1) is 26.0 Å². The standard InChI is InChI=1S/C8H10O3S.C7H18N3/c1-6-4-3-5-8(7(6)2)12(9,10)11;1-8-7(9(2)3)10(4,5)6/h3-5H,1-2H3,(H,9,10,11);1-6H3/q;+1/p-1. The predicted molar refractivity (Wildman–Crippen MR) is 89.0 cm³/mol. The van der Waals surface area contributed by atoms with Crippen molar-refractivity contribution in [3.05, 3.63) is 29.3 Å². The van der Waals surface area contributed by atoms with Crippen LogP contribution in [0.5, 0.6) is 0 Å². The van der Waals surface area contributed by atoms with Crippen molar-refractivity contribution in [3.8, 4) is 0 Å². The van der Waals surface area contributed by atoms with E-state index in [4.69, 9.17) is 0 Å². The van der Waals surface area contributed by atoms with Crippen molar-refractivity contribution in [3.63, 3.8) is 0 Å². The summed E-state index contributed by atoms with van der Waals surface area (Å²) < 4.78 is 32.7. The molecular weight excluding hydrogens is 302 g/mol. The molecule has 6 nitrogen and oxygen atoms in total. The highest BCUT2D eigenvalue weighted by atomic mass is 32.2. The van der Waals surface area contributed by atoms with Crippen LogP contribution < -0.4 is 0 Å². The first-order valence-corrected chi connectivity index (χ1v) is 8.21. The Morgan fingerprint density at radius 2 is 1.68 bits per heavy atom. The van der Waals surface area contributed by atoms with Gasteiger partial charge in [-0.1, -0.05) is 12.1 Å². The molecule has 0 aliphatic carbocycles. The number of hydrogen-bond acceptors (Lipinski definition) is 4. The molecular formula is C15H27N3O3S. The second-order valence-corrected chi connectivity index (χ2v) is 7.43. The normalized spacial score (nSPS) is 12.5. The van der Waals surface area contributed by atoms with Gasteiger partial charge in [0, 0.05) is 21.1 Å². The summed E-state index contributed by atoms with van der Waals surface area (Å²) >= 11 is 0. The Hall–Kier alpha value is -1.44. The largest absolute Gasteiger partial charge is 0.744 e. The first kappa shape index (κ1) is 20.6. The highest BCUT2D eigenvalue weighted by molar-refractivity contribution is 7.85. The van der Waals surface area contributed by atoms with Crippen LogP contribution in [0.2, 0.25) is 0 Å². The second kappa shape index (κ2) is 7.71. The highest BCUT2D eigenvalue weighted by Crippen LogP contribution is 2.17. The van der Waals surface area contributed by atoms with E-state index in [-0.39, 0.29) is 4.90 Å². The van der Waals surface area contributed by atoms with Crippen molar-refractivity contribution < 1.29 is 17.5 Å². The van der Waals surface area contributed by atoms with Crippen LogP contribution in [0.4, 0.5) is 0 Å². The first-order chi connectivity index (χ1) is 9.82. The average molecular weight is 329 g/mol. The summed E-state index contributed by atoms with van der Waals surface area (Å²) in [5.41, 5.74) is 1.35. The minimum atomic E-state index is -4.31. The lowest BCUT2D eigenvalue weighted by Crippen LogP contribution is -2.48. The van der Waals surface area contributed by atoms with Crippen molar-refractivity contribution in [2.24, 2.45) is 4.99 Å². The van der Waals surface area contributed by atoms with Crippen molar-refractivity contribution >= 4 is 16.1 Å². The topological polar surface area (TPSA) is 72.8 Å². The van der Waals surface area contributed by atoms with Crippen LogP contribution in [-0.4, -0.2) is 70.6 Å². The highest BCUT2D eigenvalue weighted by Gasteiger charge is 2.18. The van der Waals surface area contributed by atoms with E-state index in [2.05, 4.69) is 26.1 Å². The zero-order valence-electron chi connectivity index (χ0n) is 14.7. The number of rotatable bonds is 1. The van der Waals surface area contributed by atoms with Crippen molar-refractivity contribution in [1.82, 2.24) is 4.90 Å². The molecule has 0 aliphatic heterocycles. The summed E-state index contributed by atoms with van der Waals surface area (Å²) in [5, 5.41) is 0. The molecule has 1 rings (SSSR count). The van der Waals surface area contributed by atoms with E-state index >= 15 is 0 Å². The van der Waals surface area contributed by atoms with Crippen molar-refractivity contribution in [2.75, 3.05) is 42.3 Å². The molecule has 0 atom stereocenters. The van der Waals surface area contributed by atoms with Crippen LogP contribution >= 0.6 is 0 Å². The van der Waals surface area contributed by atoms with Gasteiger partial charge in [0.2, 0.25) is 0 Å². The van der Waals surface area contributed by atoms with E-state index in [0.29, 0.717) is 5.56 Å². The minimum absolute atomic E-state index is 0.123. The Balaban J connectivity index is 0.000000409. The third-order valence-corrected chi connectivity index (χ3v) is 4.01. The quantitative estimate of drug-likeness (QED) is 0.338. The molecule has 126 valence electrons. The third-order valence-electron chi connectivity index (χ3n) is 3.02. The van der Waals surface area contributed by atoms with Gasteiger partial charge in [0.15, 0.2) is 0 Å². The van der Waals surface area contributed by atoms with E-state index in [1.807, 2.05) is 26.0 Å². The molecule has 0 amide bonds. The van der Waals surface area contributed by atoms with E-state index in [0.717, 1.165) is 16.0 Å². The molecule has 0 saturated heterocycles. The van der Waals surface area contributed by atoms with Crippen molar-refractivity contribution in [1.29, 1.82) is 0 Å². The molecule has 0 aliphatic rings. The van der Waals surface area contributed by atoms with Gasteiger partial charge in [-0.2, -0.15) is 0 Å². The molecule has 0 unspecified atom stereocenters. The number of guanidine groups is 1. The van der Waals surface area contributed by atoms with Gasteiger partial charge < -0.3 is 9.45 Å². The maximum Gasteiger partial charge on any atom is 0.298 e. The first-order valence-electron chi connectivity index (χ1n) is 6.80. The van der Waals surface area contributed by atoms with E-state index in [1.54, 1.807) is 26.0 Å². The van der Waals surface area contributed by atoms with E-state index in [9.17, 15) is 13.0 Å². The summed E-state index contributed by atoms with van der Waals surface area (Å²) in [5.74, 6) is 1.07. The molecule has 22 heavy (non-hydrogen) atoms. The average Bonchev–Trinajstić information content (AvgIpc) is 2.30. The van der Waals surface area contributed by atoms with Crippen LogP contribution in [-0.2, 0) is 10.1 Å². The minimum Gasteiger partial charge on any atom is -0.744 e. The maximum atomic E-state index is 10.7. The molecule has 1 aromatic rings. The Morgan fingerprint density at radius 1 is 1.18 bits per heavy atom. The molecule has 0 radical (unpaired) electrons. The van der Waals surface area contributed by atoms with Gasteiger partial charge in [0.1, 0.15) is 10.1 Å². The predicted octanol–water partition coefficient (Wildman–Crippen LogP) is 1.45. The summed E-state index contributed by atoms with van der Waals surface area (Å²) in [6, 6.07) is 4.65. The zero-order chi connectivity index (χ0) is 17.7. The molecule has 0 aromatic heterocycles. The molecule has 0 fully saturated rings. The number of quaternary nitrogens is 1. The van der Waals surface area contributed by atoms with Gasteiger partial charge in [-0.15, -0.1) is 0 Å². The summed E-state index contributed by atoms with van der Waals surface area (Å²) in [7, 11) is 7.82.